The van der Waals surface area contributed by atoms with E-state index in [1.54, 1.807) is 18.2 Å². The highest BCUT2D eigenvalue weighted by Crippen LogP contribution is 2.18. The highest BCUT2D eigenvalue weighted by atomic mass is 16.6. The first-order valence-corrected chi connectivity index (χ1v) is 7.10. The lowest BCUT2D eigenvalue weighted by atomic mass is 10.1. The van der Waals surface area contributed by atoms with Crippen LogP contribution in [-0.2, 0) is 25.6 Å². The SMILES string of the molecule is O=C(O[C@H]1CCOC1=O)c1ccccc1CN1C(=O)CNC1=O. The molecule has 0 radical (unpaired) electrons. The minimum atomic E-state index is -0.910. The van der Waals surface area contributed by atoms with Gasteiger partial charge in [0.25, 0.3) is 0 Å². The second-order valence-electron chi connectivity index (χ2n) is 5.15. The number of hydrogen-bond donors (Lipinski definition) is 1. The van der Waals surface area contributed by atoms with Gasteiger partial charge in [0.2, 0.25) is 12.0 Å². The summed E-state index contributed by atoms with van der Waals surface area (Å²) in [4.78, 5) is 47.9. The summed E-state index contributed by atoms with van der Waals surface area (Å²) in [6.07, 6.45) is -0.591. The van der Waals surface area contributed by atoms with Crippen molar-refractivity contribution in [2.45, 2.75) is 19.1 Å². The number of amides is 3. The van der Waals surface area contributed by atoms with Gasteiger partial charge in [-0.2, -0.15) is 0 Å². The van der Waals surface area contributed by atoms with Crippen molar-refractivity contribution in [2.75, 3.05) is 13.2 Å². The standard InChI is InChI=1S/C15H14N2O6/c18-12-7-16-15(21)17(12)8-9-3-1-2-4-10(9)13(19)23-11-5-6-22-14(11)20/h1-4,11H,5-8H2,(H,16,21)/t11-/m0/s1. The van der Waals surface area contributed by atoms with Crippen molar-refractivity contribution < 1.29 is 28.7 Å². The number of urea groups is 1. The molecule has 0 saturated carbocycles. The van der Waals surface area contributed by atoms with Crippen LogP contribution in [0.4, 0.5) is 4.79 Å². The molecule has 120 valence electrons. The average molecular weight is 318 g/mol. The lowest BCUT2D eigenvalue weighted by Crippen LogP contribution is -2.31. The Morgan fingerprint density at radius 3 is 2.74 bits per heavy atom. The van der Waals surface area contributed by atoms with Gasteiger partial charge < -0.3 is 14.8 Å². The smallest absolute Gasteiger partial charge is 0.347 e. The van der Waals surface area contributed by atoms with Gasteiger partial charge in [-0.05, 0) is 11.6 Å². The number of hydrogen-bond acceptors (Lipinski definition) is 6. The summed E-state index contributed by atoms with van der Waals surface area (Å²) in [6, 6.07) is 5.98. The Balaban J connectivity index is 1.77. The van der Waals surface area contributed by atoms with Crippen molar-refractivity contribution in [1.29, 1.82) is 0 Å². The van der Waals surface area contributed by atoms with Crippen LogP contribution in [0, 0.1) is 0 Å². The zero-order valence-electron chi connectivity index (χ0n) is 12.1. The van der Waals surface area contributed by atoms with Crippen LogP contribution in [0.1, 0.15) is 22.3 Å². The van der Waals surface area contributed by atoms with Crippen LogP contribution in [0.15, 0.2) is 24.3 Å². The largest absolute Gasteiger partial charge is 0.463 e. The van der Waals surface area contributed by atoms with Crippen LogP contribution < -0.4 is 5.32 Å². The summed E-state index contributed by atoms with van der Waals surface area (Å²) in [5.74, 6) is -1.61. The van der Waals surface area contributed by atoms with Crippen molar-refractivity contribution in [3.05, 3.63) is 35.4 Å². The Bertz CT molecular complexity index is 670. The van der Waals surface area contributed by atoms with Gasteiger partial charge >= 0.3 is 18.0 Å². The molecule has 0 aromatic heterocycles. The molecule has 2 fully saturated rings. The summed E-state index contributed by atoms with van der Waals surface area (Å²) in [5.41, 5.74) is 0.675. The van der Waals surface area contributed by atoms with E-state index in [9.17, 15) is 19.2 Å². The van der Waals surface area contributed by atoms with Crippen molar-refractivity contribution >= 4 is 23.9 Å². The van der Waals surface area contributed by atoms with Crippen molar-refractivity contribution in [3.63, 3.8) is 0 Å². The molecule has 8 heteroatoms. The molecule has 1 aromatic carbocycles. The number of nitrogens with one attached hydrogen (secondary N) is 1. The van der Waals surface area contributed by atoms with Crippen molar-refractivity contribution in [1.82, 2.24) is 10.2 Å². The lowest BCUT2D eigenvalue weighted by Gasteiger charge is -2.16. The quantitative estimate of drug-likeness (QED) is 0.629. The molecule has 2 aliphatic heterocycles. The van der Waals surface area contributed by atoms with E-state index < -0.39 is 24.1 Å². The summed E-state index contributed by atoms with van der Waals surface area (Å²) in [5, 5.41) is 2.41. The van der Waals surface area contributed by atoms with Gasteiger partial charge in [0.1, 0.15) is 0 Å². The lowest BCUT2D eigenvalue weighted by molar-refractivity contribution is -0.145. The van der Waals surface area contributed by atoms with Crippen LogP contribution in [0.2, 0.25) is 0 Å². The predicted molar refractivity (Wildman–Crippen MR) is 75.2 cm³/mol. The van der Waals surface area contributed by atoms with Gasteiger partial charge in [0.05, 0.1) is 25.3 Å². The third-order valence-electron chi connectivity index (χ3n) is 3.64. The summed E-state index contributed by atoms with van der Waals surface area (Å²) in [6.45, 7) is 0.130. The molecule has 2 saturated heterocycles. The molecule has 1 atom stereocenters. The molecule has 2 heterocycles. The monoisotopic (exact) mass is 318 g/mol. The Morgan fingerprint density at radius 1 is 1.30 bits per heavy atom. The summed E-state index contributed by atoms with van der Waals surface area (Å²) >= 11 is 0. The summed E-state index contributed by atoms with van der Waals surface area (Å²) in [7, 11) is 0. The Hall–Kier alpha value is -2.90. The molecule has 8 nitrogen and oxygen atoms in total. The van der Waals surface area contributed by atoms with Crippen molar-refractivity contribution in [3.8, 4) is 0 Å². The zero-order valence-corrected chi connectivity index (χ0v) is 12.1. The maximum atomic E-state index is 12.3. The number of benzene rings is 1. The normalized spacial score (nSPS) is 20.4. The van der Waals surface area contributed by atoms with E-state index in [2.05, 4.69) is 5.32 Å². The zero-order chi connectivity index (χ0) is 16.4. The van der Waals surface area contributed by atoms with Crippen LogP contribution >= 0.6 is 0 Å². The van der Waals surface area contributed by atoms with E-state index in [0.29, 0.717) is 12.0 Å². The maximum Gasteiger partial charge on any atom is 0.347 e. The Kier molecular flexibility index (Phi) is 3.96. The number of carbonyl (C=O) groups excluding carboxylic acids is 4. The minimum absolute atomic E-state index is 0.0367. The molecular formula is C15H14N2O6. The molecule has 0 spiro atoms. The average Bonchev–Trinajstić information content (AvgIpc) is 3.08. The second kappa shape index (κ2) is 6.07. The van der Waals surface area contributed by atoms with E-state index in [4.69, 9.17) is 9.47 Å². The molecule has 1 N–H and O–H groups in total. The number of cyclic esters (lactones) is 1. The predicted octanol–water partition coefficient (Wildman–Crippen LogP) is 0.211. The van der Waals surface area contributed by atoms with Crippen LogP contribution in [0.3, 0.4) is 0 Å². The second-order valence-corrected chi connectivity index (χ2v) is 5.15. The third kappa shape index (κ3) is 3.01. The number of esters is 2. The molecular weight excluding hydrogens is 304 g/mol. The molecule has 1 aromatic rings. The first-order valence-electron chi connectivity index (χ1n) is 7.10. The van der Waals surface area contributed by atoms with Crippen LogP contribution in [0.5, 0.6) is 0 Å². The number of nitrogens with zero attached hydrogens (tertiary/aromatic N) is 1. The number of rotatable bonds is 4. The number of imide groups is 1. The molecule has 0 unspecified atom stereocenters. The molecule has 3 amide bonds. The fourth-order valence-corrected chi connectivity index (χ4v) is 2.42. The van der Waals surface area contributed by atoms with Crippen LogP contribution in [-0.4, -0.2) is 48.0 Å². The highest BCUT2D eigenvalue weighted by molar-refractivity contribution is 6.02. The van der Waals surface area contributed by atoms with Gasteiger partial charge in [-0.15, -0.1) is 0 Å². The third-order valence-corrected chi connectivity index (χ3v) is 3.64. The van der Waals surface area contributed by atoms with E-state index >= 15 is 0 Å². The summed E-state index contributed by atoms with van der Waals surface area (Å²) < 4.78 is 9.90. The van der Waals surface area contributed by atoms with Gasteiger partial charge in [-0.3, -0.25) is 9.69 Å². The molecule has 3 rings (SSSR count). The van der Waals surface area contributed by atoms with Crippen LogP contribution in [0.25, 0.3) is 0 Å². The van der Waals surface area contributed by atoms with Crippen molar-refractivity contribution in [2.24, 2.45) is 0 Å². The van der Waals surface area contributed by atoms with Gasteiger partial charge in [-0.25, -0.2) is 14.4 Å². The maximum absolute atomic E-state index is 12.3. The van der Waals surface area contributed by atoms with Gasteiger partial charge in [0, 0.05) is 6.42 Å². The fourth-order valence-electron chi connectivity index (χ4n) is 2.42. The van der Waals surface area contributed by atoms with E-state index in [-0.39, 0.29) is 31.2 Å². The Morgan fingerprint density at radius 2 is 2.09 bits per heavy atom. The fraction of sp³-hybridized carbons (Fsp3) is 0.333. The van der Waals surface area contributed by atoms with E-state index in [0.717, 1.165) is 4.90 Å². The number of ether oxygens (including phenoxy) is 2. The molecule has 0 bridgehead atoms. The van der Waals surface area contributed by atoms with Gasteiger partial charge in [-0.1, -0.05) is 18.2 Å². The van der Waals surface area contributed by atoms with E-state index in [1.165, 1.54) is 6.07 Å². The first-order chi connectivity index (χ1) is 11.1. The highest BCUT2D eigenvalue weighted by Gasteiger charge is 2.32. The molecule has 23 heavy (non-hydrogen) atoms. The minimum Gasteiger partial charge on any atom is -0.463 e. The molecule has 0 aliphatic carbocycles. The molecule has 2 aliphatic rings. The number of carbonyl (C=O) groups is 4. The topological polar surface area (TPSA) is 102 Å². The first kappa shape index (κ1) is 15.0. The van der Waals surface area contributed by atoms with Gasteiger partial charge in [0.15, 0.2) is 0 Å². The van der Waals surface area contributed by atoms with E-state index in [1.807, 2.05) is 0 Å². The Labute approximate surface area is 131 Å².